The Morgan fingerprint density at radius 2 is 1.88 bits per heavy atom. The molecule has 0 spiro atoms. The van der Waals surface area contributed by atoms with Crippen molar-refractivity contribution in [3.8, 4) is 0 Å². The molecule has 0 saturated carbocycles. The van der Waals surface area contributed by atoms with Gasteiger partial charge in [0, 0.05) is 17.3 Å². The molecular weight excluding hydrogens is 433 g/mol. The third-order valence-electron chi connectivity index (χ3n) is 5.04. The lowest BCUT2D eigenvalue weighted by Gasteiger charge is -2.04. The summed E-state index contributed by atoms with van der Waals surface area (Å²) in [5.41, 5.74) is 6.23. The lowest BCUT2D eigenvalue weighted by Crippen LogP contribution is -2.07. The predicted octanol–water partition coefficient (Wildman–Crippen LogP) is 5.42. The van der Waals surface area contributed by atoms with Gasteiger partial charge in [-0.25, -0.2) is 9.18 Å². The Bertz CT molecular complexity index is 1380. The first kappa shape index (κ1) is 21.3. The maximum atomic E-state index is 13.3. The fourth-order valence-corrected chi connectivity index (χ4v) is 3.67. The van der Waals surface area contributed by atoms with E-state index >= 15 is 0 Å². The van der Waals surface area contributed by atoms with Crippen LogP contribution in [0.2, 0.25) is 5.02 Å². The Morgan fingerprint density at radius 3 is 2.59 bits per heavy atom. The minimum atomic E-state index is -1.14. The molecule has 2 aromatic heterocycles. The number of rotatable bonds is 6. The van der Waals surface area contributed by atoms with Gasteiger partial charge in [-0.05, 0) is 67.1 Å². The van der Waals surface area contributed by atoms with E-state index in [1.54, 1.807) is 22.9 Å². The molecule has 0 aliphatic heterocycles. The van der Waals surface area contributed by atoms with Crippen LogP contribution in [0.4, 0.5) is 10.1 Å². The van der Waals surface area contributed by atoms with Crippen LogP contribution in [0.5, 0.6) is 0 Å². The summed E-state index contributed by atoms with van der Waals surface area (Å²) in [4.78, 5) is 24.4. The molecule has 0 amide bonds. The van der Waals surface area contributed by atoms with Gasteiger partial charge < -0.3 is 9.51 Å². The van der Waals surface area contributed by atoms with E-state index in [1.165, 1.54) is 36.4 Å². The van der Waals surface area contributed by atoms with Crippen molar-refractivity contribution in [3.63, 3.8) is 0 Å². The van der Waals surface area contributed by atoms with Crippen molar-refractivity contribution in [2.24, 2.45) is 5.10 Å². The number of fused-ring (bicyclic) bond motifs is 1. The van der Waals surface area contributed by atoms with Gasteiger partial charge in [-0.15, -0.1) is 0 Å². The second-order valence-electron chi connectivity index (χ2n) is 7.05. The number of pyridine rings is 1. The molecule has 0 aliphatic rings. The predicted molar refractivity (Wildman–Crippen MR) is 122 cm³/mol. The number of carboxylic acid groups (broad SMARTS) is 1. The fraction of sp³-hybridized carbons (Fsp3) is 0.0417. The number of anilines is 1. The molecule has 0 radical (unpaired) electrons. The van der Waals surface area contributed by atoms with Crippen molar-refractivity contribution in [2.75, 3.05) is 5.43 Å². The van der Waals surface area contributed by atoms with Crippen LogP contribution in [-0.4, -0.2) is 27.5 Å². The van der Waals surface area contributed by atoms with E-state index in [1.807, 2.05) is 25.1 Å². The van der Waals surface area contributed by atoms with Crippen molar-refractivity contribution >= 4 is 40.8 Å². The van der Waals surface area contributed by atoms with Crippen LogP contribution >= 0.6 is 11.6 Å². The van der Waals surface area contributed by atoms with E-state index in [0.717, 1.165) is 11.1 Å². The van der Waals surface area contributed by atoms with Gasteiger partial charge in [-0.1, -0.05) is 17.7 Å². The van der Waals surface area contributed by atoms with Gasteiger partial charge in [-0.2, -0.15) is 5.10 Å². The Hall–Kier alpha value is -3.97. The highest BCUT2D eigenvalue weighted by atomic mass is 35.5. The molecule has 0 saturated heterocycles. The van der Waals surface area contributed by atoms with Gasteiger partial charge >= 0.3 is 5.97 Å². The molecule has 0 aliphatic carbocycles. The number of aromatic carboxylic acids is 1. The number of nitrogens with zero attached hydrogens (tertiary/aromatic N) is 2. The molecule has 160 valence electrons. The minimum absolute atomic E-state index is 0.0375. The maximum Gasteiger partial charge on any atom is 0.337 e. The number of hydrogen-bond donors (Lipinski definition) is 2. The van der Waals surface area contributed by atoms with Crippen molar-refractivity contribution in [2.45, 2.75) is 6.92 Å². The van der Waals surface area contributed by atoms with Gasteiger partial charge in [0.25, 0.3) is 0 Å². The second-order valence-corrected chi connectivity index (χ2v) is 7.46. The first-order chi connectivity index (χ1) is 15.4. The molecule has 0 atom stereocenters. The Labute approximate surface area is 187 Å². The molecule has 2 heterocycles. The van der Waals surface area contributed by atoms with Crippen LogP contribution in [0.1, 0.15) is 37.5 Å². The lowest BCUT2D eigenvalue weighted by atomic mass is 10.0. The quantitative estimate of drug-likeness (QED) is 0.234. The summed E-state index contributed by atoms with van der Waals surface area (Å²) < 4.78 is 15.0. The molecule has 2 N–H and O–H groups in total. The van der Waals surface area contributed by atoms with E-state index in [-0.39, 0.29) is 16.4 Å². The summed E-state index contributed by atoms with van der Waals surface area (Å²) in [5, 5.41) is 13.6. The molecule has 8 heteroatoms. The number of carboxylic acids is 1. The lowest BCUT2D eigenvalue weighted by molar-refractivity contribution is 0.0697. The summed E-state index contributed by atoms with van der Waals surface area (Å²) in [6, 6.07) is 15.4. The maximum absolute atomic E-state index is 13.3. The standard InChI is InChI=1S/C24H17ClFN3O3/c1-14-19(13-27-28-17-9-10-20(25)18(12-17)24(31)32)21-4-2-3-11-29(21)22(14)23(30)15-5-7-16(26)8-6-15/h2-13,28H,1H3,(H,31,32)/b27-13+. The number of hydrazone groups is 1. The van der Waals surface area contributed by atoms with E-state index in [9.17, 15) is 19.1 Å². The molecule has 32 heavy (non-hydrogen) atoms. The van der Waals surface area contributed by atoms with Crippen LogP contribution in [-0.2, 0) is 0 Å². The van der Waals surface area contributed by atoms with Crippen LogP contribution < -0.4 is 5.43 Å². The highest BCUT2D eigenvalue weighted by Gasteiger charge is 2.21. The first-order valence-corrected chi connectivity index (χ1v) is 9.96. The van der Waals surface area contributed by atoms with Gasteiger partial charge in [0.05, 0.1) is 33.7 Å². The Balaban J connectivity index is 1.70. The molecule has 4 aromatic rings. The fourth-order valence-electron chi connectivity index (χ4n) is 3.47. The van der Waals surface area contributed by atoms with E-state index in [4.69, 9.17) is 11.6 Å². The summed E-state index contributed by atoms with van der Waals surface area (Å²) in [5.74, 6) is -1.79. The van der Waals surface area contributed by atoms with E-state index in [0.29, 0.717) is 22.5 Å². The number of carbonyl (C=O) groups is 2. The normalized spacial score (nSPS) is 11.2. The van der Waals surface area contributed by atoms with Crippen LogP contribution in [0.25, 0.3) is 5.52 Å². The summed E-state index contributed by atoms with van der Waals surface area (Å²) in [6.07, 6.45) is 3.35. The highest BCUT2D eigenvalue weighted by molar-refractivity contribution is 6.33. The van der Waals surface area contributed by atoms with Crippen molar-refractivity contribution in [1.29, 1.82) is 0 Å². The topological polar surface area (TPSA) is 83.2 Å². The summed E-state index contributed by atoms with van der Waals surface area (Å²) in [6.45, 7) is 1.82. The smallest absolute Gasteiger partial charge is 0.337 e. The van der Waals surface area contributed by atoms with E-state index in [2.05, 4.69) is 10.5 Å². The number of carbonyl (C=O) groups excluding carboxylic acids is 1. The molecule has 0 bridgehead atoms. The highest BCUT2D eigenvalue weighted by Crippen LogP contribution is 2.25. The third kappa shape index (κ3) is 3.98. The average molecular weight is 450 g/mol. The Kier molecular flexibility index (Phi) is 5.75. The van der Waals surface area contributed by atoms with Gasteiger partial charge in [0.1, 0.15) is 5.82 Å². The largest absolute Gasteiger partial charge is 0.478 e. The van der Waals surface area contributed by atoms with Gasteiger partial charge in [-0.3, -0.25) is 10.2 Å². The number of hydrogen-bond acceptors (Lipinski definition) is 4. The SMILES string of the molecule is Cc1c(/C=N/Nc2ccc(Cl)c(C(=O)O)c2)c2ccccn2c1C(=O)c1ccc(F)cc1. The van der Waals surface area contributed by atoms with Crippen LogP contribution in [0.3, 0.4) is 0 Å². The molecule has 0 fully saturated rings. The monoisotopic (exact) mass is 449 g/mol. The van der Waals surface area contributed by atoms with Gasteiger partial charge in [0.2, 0.25) is 5.78 Å². The molecule has 6 nitrogen and oxygen atoms in total. The number of nitrogens with one attached hydrogen (secondary N) is 1. The van der Waals surface area contributed by atoms with E-state index < -0.39 is 11.8 Å². The first-order valence-electron chi connectivity index (χ1n) is 9.58. The number of ketones is 1. The molecular formula is C24H17ClFN3O3. The summed E-state index contributed by atoms with van der Waals surface area (Å²) >= 11 is 5.90. The molecule has 0 unspecified atom stereocenters. The number of aromatic nitrogens is 1. The second kappa shape index (κ2) is 8.64. The zero-order valence-electron chi connectivity index (χ0n) is 16.8. The number of benzene rings is 2. The average Bonchev–Trinajstić information content (AvgIpc) is 3.06. The Morgan fingerprint density at radius 1 is 1.12 bits per heavy atom. The van der Waals surface area contributed by atoms with Crippen molar-refractivity contribution in [3.05, 3.63) is 106 Å². The summed E-state index contributed by atoms with van der Waals surface area (Å²) in [7, 11) is 0. The van der Waals surface area contributed by atoms with Crippen molar-refractivity contribution < 1.29 is 19.1 Å². The van der Waals surface area contributed by atoms with Crippen LogP contribution in [0.15, 0.2) is 72.0 Å². The van der Waals surface area contributed by atoms with Crippen LogP contribution in [0, 0.1) is 12.7 Å². The van der Waals surface area contributed by atoms with Gasteiger partial charge in [0.15, 0.2) is 0 Å². The number of halogens is 2. The van der Waals surface area contributed by atoms with Crippen molar-refractivity contribution in [1.82, 2.24) is 4.40 Å². The zero-order chi connectivity index (χ0) is 22.8. The molecule has 4 rings (SSSR count). The molecule has 2 aromatic carbocycles. The zero-order valence-corrected chi connectivity index (χ0v) is 17.6. The third-order valence-corrected chi connectivity index (χ3v) is 5.37. The minimum Gasteiger partial charge on any atom is -0.478 e.